The molecule has 2 aliphatic rings. The Kier molecular flexibility index (Phi) is 6.00. The van der Waals surface area contributed by atoms with Crippen LogP contribution in [-0.2, 0) is 6.61 Å². The van der Waals surface area contributed by atoms with Gasteiger partial charge in [0, 0.05) is 49.2 Å². The van der Waals surface area contributed by atoms with Crippen LogP contribution >= 0.6 is 11.9 Å². The van der Waals surface area contributed by atoms with Crippen LogP contribution in [0.3, 0.4) is 0 Å². The van der Waals surface area contributed by atoms with Gasteiger partial charge in [-0.1, -0.05) is 11.9 Å². The number of nitrogens with one attached hydrogen (secondary N) is 1. The monoisotopic (exact) mass is 387 g/mol. The minimum Gasteiger partial charge on any atom is -0.390 e. The van der Waals surface area contributed by atoms with Crippen LogP contribution in [0.15, 0.2) is 18.3 Å². The fourth-order valence-electron chi connectivity index (χ4n) is 4.08. The van der Waals surface area contributed by atoms with E-state index in [2.05, 4.69) is 31.8 Å². The first-order chi connectivity index (χ1) is 13.3. The van der Waals surface area contributed by atoms with E-state index in [0.717, 1.165) is 67.1 Å². The molecule has 0 saturated carbocycles. The van der Waals surface area contributed by atoms with Gasteiger partial charge in [0.25, 0.3) is 0 Å². The summed E-state index contributed by atoms with van der Waals surface area (Å²) in [4.78, 5) is 11.8. The standard InChI is InChI=1S/C20H29N5OS/c1-27-25-9-5-16(6-10-25)22-19-12-18-15(13-21-19)11-17(14-26)23-20(18)24-7-3-2-4-8-24/h11-13,16,26H,2-10,14H2,1H3,(H,21,22). The molecule has 2 aliphatic heterocycles. The molecule has 0 spiro atoms. The molecule has 4 rings (SSSR count). The van der Waals surface area contributed by atoms with Crippen LogP contribution in [0.25, 0.3) is 10.8 Å². The third kappa shape index (κ3) is 4.31. The number of nitrogens with zero attached hydrogens (tertiary/aromatic N) is 4. The fraction of sp³-hybridized carbons (Fsp3) is 0.600. The Labute approximate surface area is 165 Å². The molecule has 2 N–H and O–H groups in total. The van der Waals surface area contributed by atoms with Gasteiger partial charge in [-0.2, -0.15) is 0 Å². The van der Waals surface area contributed by atoms with Gasteiger partial charge < -0.3 is 15.3 Å². The van der Waals surface area contributed by atoms with E-state index in [1.807, 2.05) is 24.2 Å². The van der Waals surface area contributed by atoms with Gasteiger partial charge in [0.05, 0.1) is 12.3 Å². The van der Waals surface area contributed by atoms with Crippen LogP contribution in [0.1, 0.15) is 37.8 Å². The minimum absolute atomic E-state index is 0.0369. The Morgan fingerprint density at radius 3 is 2.63 bits per heavy atom. The van der Waals surface area contributed by atoms with E-state index in [-0.39, 0.29) is 6.61 Å². The molecule has 2 saturated heterocycles. The van der Waals surface area contributed by atoms with Crippen LogP contribution in [0.5, 0.6) is 0 Å². The highest BCUT2D eigenvalue weighted by molar-refractivity contribution is 7.96. The van der Waals surface area contributed by atoms with Crippen LogP contribution in [0, 0.1) is 0 Å². The summed E-state index contributed by atoms with van der Waals surface area (Å²) in [6.07, 6.45) is 10.0. The maximum absolute atomic E-state index is 9.61. The first-order valence-electron chi connectivity index (χ1n) is 9.98. The van der Waals surface area contributed by atoms with Gasteiger partial charge in [-0.05, 0) is 50.5 Å². The molecule has 4 heterocycles. The van der Waals surface area contributed by atoms with E-state index in [0.29, 0.717) is 6.04 Å². The first-order valence-corrected chi connectivity index (χ1v) is 11.2. The number of rotatable bonds is 5. The lowest BCUT2D eigenvalue weighted by atomic mass is 10.1. The maximum atomic E-state index is 9.61. The molecule has 0 aliphatic carbocycles. The summed E-state index contributed by atoms with van der Waals surface area (Å²) in [6.45, 7) is 4.27. The van der Waals surface area contributed by atoms with E-state index in [9.17, 15) is 5.11 Å². The van der Waals surface area contributed by atoms with Gasteiger partial charge in [-0.25, -0.2) is 9.97 Å². The lowest BCUT2D eigenvalue weighted by Crippen LogP contribution is -2.35. The highest BCUT2D eigenvalue weighted by Crippen LogP contribution is 2.30. The lowest BCUT2D eigenvalue weighted by Gasteiger charge is -2.31. The van der Waals surface area contributed by atoms with E-state index < -0.39 is 0 Å². The smallest absolute Gasteiger partial charge is 0.137 e. The second-order valence-corrected chi connectivity index (χ2v) is 8.35. The zero-order chi connectivity index (χ0) is 18.6. The zero-order valence-electron chi connectivity index (χ0n) is 16.0. The fourth-order valence-corrected chi connectivity index (χ4v) is 4.66. The molecular formula is C20H29N5OS. The number of piperidine rings is 2. The van der Waals surface area contributed by atoms with Crippen LogP contribution in [0.4, 0.5) is 11.6 Å². The van der Waals surface area contributed by atoms with E-state index in [1.54, 1.807) is 0 Å². The Morgan fingerprint density at radius 1 is 1.15 bits per heavy atom. The predicted octanol–water partition coefficient (Wildman–Crippen LogP) is 3.27. The minimum atomic E-state index is -0.0369. The Balaban J connectivity index is 1.60. The van der Waals surface area contributed by atoms with Crippen molar-refractivity contribution in [3.63, 3.8) is 0 Å². The molecule has 0 atom stereocenters. The molecule has 2 fully saturated rings. The third-order valence-electron chi connectivity index (χ3n) is 5.63. The van der Waals surface area contributed by atoms with Crippen molar-refractivity contribution >= 4 is 34.4 Å². The number of aromatic nitrogens is 2. The molecule has 146 valence electrons. The SMILES string of the molecule is CSN1CCC(Nc2cc3c(N4CCCCC4)nc(CO)cc3cn2)CC1. The summed E-state index contributed by atoms with van der Waals surface area (Å²) < 4.78 is 2.42. The molecule has 0 amide bonds. The maximum Gasteiger partial charge on any atom is 0.137 e. The number of hydrogen-bond donors (Lipinski definition) is 2. The van der Waals surface area contributed by atoms with Crippen molar-refractivity contribution < 1.29 is 5.11 Å². The summed E-state index contributed by atoms with van der Waals surface area (Å²) in [7, 11) is 0. The third-order valence-corrected chi connectivity index (χ3v) is 6.51. The van der Waals surface area contributed by atoms with Gasteiger partial charge >= 0.3 is 0 Å². The van der Waals surface area contributed by atoms with Gasteiger partial charge in [-0.15, -0.1) is 0 Å². The second-order valence-electron chi connectivity index (χ2n) is 7.46. The molecule has 0 bridgehead atoms. The summed E-state index contributed by atoms with van der Waals surface area (Å²) in [6, 6.07) is 4.58. The lowest BCUT2D eigenvalue weighted by molar-refractivity contribution is 0.277. The average molecular weight is 388 g/mol. The number of aliphatic hydroxyl groups is 1. The highest BCUT2D eigenvalue weighted by atomic mass is 32.2. The number of fused-ring (bicyclic) bond motifs is 1. The van der Waals surface area contributed by atoms with Gasteiger partial charge in [0.1, 0.15) is 11.6 Å². The quantitative estimate of drug-likeness (QED) is 0.764. The van der Waals surface area contributed by atoms with Crippen molar-refractivity contribution in [2.75, 3.05) is 42.7 Å². The van der Waals surface area contributed by atoms with Crippen LogP contribution in [0.2, 0.25) is 0 Å². The molecule has 27 heavy (non-hydrogen) atoms. The van der Waals surface area contributed by atoms with Gasteiger partial charge in [-0.3, -0.25) is 4.31 Å². The van der Waals surface area contributed by atoms with Crippen LogP contribution in [-0.4, -0.2) is 57.9 Å². The van der Waals surface area contributed by atoms with Gasteiger partial charge in [0.15, 0.2) is 0 Å². The van der Waals surface area contributed by atoms with E-state index in [4.69, 9.17) is 4.98 Å². The number of hydrogen-bond acceptors (Lipinski definition) is 7. The molecular weight excluding hydrogens is 358 g/mol. The van der Waals surface area contributed by atoms with Crippen molar-refractivity contribution in [3.05, 3.63) is 24.0 Å². The number of anilines is 2. The largest absolute Gasteiger partial charge is 0.390 e. The topological polar surface area (TPSA) is 64.5 Å². The van der Waals surface area contributed by atoms with Crippen molar-refractivity contribution in [3.8, 4) is 0 Å². The highest BCUT2D eigenvalue weighted by Gasteiger charge is 2.20. The molecule has 0 radical (unpaired) electrons. The molecule has 2 aromatic heterocycles. The van der Waals surface area contributed by atoms with E-state index in [1.165, 1.54) is 19.3 Å². The van der Waals surface area contributed by atoms with Crippen LogP contribution < -0.4 is 10.2 Å². The van der Waals surface area contributed by atoms with Crippen molar-refractivity contribution in [1.29, 1.82) is 0 Å². The predicted molar refractivity (Wildman–Crippen MR) is 113 cm³/mol. The van der Waals surface area contributed by atoms with Crippen molar-refractivity contribution in [2.24, 2.45) is 0 Å². The number of pyridine rings is 2. The van der Waals surface area contributed by atoms with E-state index >= 15 is 0 Å². The van der Waals surface area contributed by atoms with Crippen molar-refractivity contribution in [2.45, 2.75) is 44.8 Å². The molecule has 2 aromatic rings. The second kappa shape index (κ2) is 8.63. The summed E-state index contributed by atoms with van der Waals surface area (Å²) in [5.41, 5.74) is 0.718. The Bertz CT molecular complexity index is 772. The summed E-state index contributed by atoms with van der Waals surface area (Å²) in [5.74, 6) is 1.93. The van der Waals surface area contributed by atoms with Crippen molar-refractivity contribution in [1.82, 2.24) is 14.3 Å². The Morgan fingerprint density at radius 2 is 1.93 bits per heavy atom. The normalized spacial score (nSPS) is 19.6. The summed E-state index contributed by atoms with van der Waals surface area (Å²) in [5, 5.41) is 15.4. The average Bonchev–Trinajstić information content (AvgIpc) is 2.74. The molecule has 0 aromatic carbocycles. The molecule has 0 unspecified atom stereocenters. The summed E-state index contributed by atoms with van der Waals surface area (Å²) >= 11 is 1.83. The Hall–Kier alpha value is -1.57. The first kappa shape index (κ1) is 18.8. The molecule has 6 nitrogen and oxygen atoms in total. The molecule has 7 heteroatoms. The number of aliphatic hydroxyl groups excluding tert-OH is 1. The van der Waals surface area contributed by atoms with Gasteiger partial charge in [0.2, 0.25) is 0 Å². The zero-order valence-corrected chi connectivity index (χ0v) is 16.8.